The number of likely N-dealkylation sites (tertiary alicyclic amines) is 1. The van der Waals surface area contributed by atoms with Crippen molar-refractivity contribution in [1.29, 1.82) is 0 Å². The van der Waals surface area contributed by atoms with Crippen molar-refractivity contribution in [2.45, 2.75) is 39.2 Å². The standard InChI is InChI=1S/C17H25ClN2O2/c1-3-17(12-21)7-9-20(10-8-17)16(22)19-13(2)14-5-4-6-15(18)11-14/h4-6,11,13,21H,3,7-10,12H2,1-2H3,(H,19,22). The van der Waals surface area contributed by atoms with E-state index in [0.29, 0.717) is 18.1 Å². The molecule has 0 saturated carbocycles. The molecular formula is C17H25ClN2O2. The molecule has 1 saturated heterocycles. The summed E-state index contributed by atoms with van der Waals surface area (Å²) in [6, 6.07) is 7.41. The zero-order valence-corrected chi connectivity index (χ0v) is 14.1. The van der Waals surface area contributed by atoms with Crippen LogP contribution in [0.15, 0.2) is 24.3 Å². The van der Waals surface area contributed by atoms with Crippen LogP contribution < -0.4 is 5.32 Å². The third-order valence-electron chi connectivity index (χ3n) is 4.89. The molecule has 2 amide bonds. The highest BCUT2D eigenvalue weighted by molar-refractivity contribution is 6.30. The van der Waals surface area contributed by atoms with Crippen LogP contribution in [0.5, 0.6) is 0 Å². The van der Waals surface area contributed by atoms with Crippen LogP contribution in [-0.2, 0) is 0 Å². The summed E-state index contributed by atoms with van der Waals surface area (Å²) in [4.78, 5) is 14.2. The highest BCUT2D eigenvalue weighted by Gasteiger charge is 2.34. The number of benzene rings is 1. The summed E-state index contributed by atoms with van der Waals surface area (Å²) in [6.45, 7) is 5.66. The summed E-state index contributed by atoms with van der Waals surface area (Å²) in [7, 11) is 0. The molecule has 1 unspecified atom stereocenters. The molecule has 4 nitrogen and oxygen atoms in total. The van der Waals surface area contributed by atoms with Crippen molar-refractivity contribution in [2.24, 2.45) is 5.41 Å². The van der Waals surface area contributed by atoms with Gasteiger partial charge in [-0.15, -0.1) is 0 Å². The van der Waals surface area contributed by atoms with Crippen LogP contribution in [0.25, 0.3) is 0 Å². The summed E-state index contributed by atoms with van der Waals surface area (Å²) in [5, 5.41) is 13.3. The van der Waals surface area contributed by atoms with Gasteiger partial charge in [0.05, 0.1) is 6.04 Å². The molecule has 1 aliphatic heterocycles. The van der Waals surface area contributed by atoms with Crippen LogP contribution in [-0.4, -0.2) is 35.7 Å². The van der Waals surface area contributed by atoms with Crippen LogP contribution in [0.2, 0.25) is 5.02 Å². The Morgan fingerprint density at radius 2 is 2.14 bits per heavy atom. The number of carbonyl (C=O) groups is 1. The van der Waals surface area contributed by atoms with E-state index in [-0.39, 0.29) is 24.1 Å². The number of piperidine rings is 1. The quantitative estimate of drug-likeness (QED) is 0.889. The van der Waals surface area contributed by atoms with Gasteiger partial charge in [0.2, 0.25) is 0 Å². The molecule has 0 spiro atoms. The Balaban J connectivity index is 1.91. The molecule has 1 aliphatic rings. The fraction of sp³-hybridized carbons (Fsp3) is 0.588. The summed E-state index contributed by atoms with van der Waals surface area (Å²) < 4.78 is 0. The molecule has 1 aromatic carbocycles. The zero-order chi connectivity index (χ0) is 16.2. The lowest BCUT2D eigenvalue weighted by Gasteiger charge is -2.40. The van der Waals surface area contributed by atoms with Gasteiger partial charge in [0, 0.05) is 24.7 Å². The third kappa shape index (κ3) is 3.93. The molecular weight excluding hydrogens is 300 g/mol. The van der Waals surface area contributed by atoms with Gasteiger partial charge in [-0.2, -0.15) is 0 Å². The largest absolute Gasteiger partial charge is 0.396 e. The van der Waals surface area contributed by atoms with E-state index in [2.05, 4.69) is 12.2 Å². The van der Waals surface area contributed by atoms with Crippen molar-refractivity contribution in [1.82, 2.24) is 10.2 Å². The average molecular weight is 325 g/mol. The van der Waals surface area contributed by atoms with Crippen LogP contribution in [0.3, 0.4) is 0 Å². The third-order valence-corrected chi connectivity index (χ3v) is 5.12. The summed E-state index contributed by atoms with van der Waals surface area (Å²) in [6.07, 6.45) is 2.68. The SMILES string of the molecule is CCC1(CO)CCN(C(=O)NC(C)c2cccc(Cl)c2)CC1. The minimum Gasteiger partial charge on any atom is -0.396 e. The molecule has 0 bridgehead atoms. The zero-order valence-electron chi connectivity index (χ0n) is 13.3. The number of hydrogen-bond donors (Lipinski definition) is 2. The number of halogens is 1. The minimum atomic E-state index is -0.0816. The first-order valence-electron chi connectivity index (χ1n) is 7.91. The van der Waals surface area contributed by atoms with Crippen LogP contribution in [0.4, 0.5) is 4.79 Å². The van der Waals surface area contributed by atoms with Crippen LogP contribution in [0, 0.1) is 5.41 Å². The van der Waals surface area contributed by atoms with E-state index in [1.165, 1.54) is 0 Å². The molecule has 1 aromatic rings. The summed E-state index contributed by atoms with van der Waals surface area (Å²) in [5.41, 5.74) is 0.992. The minimum absolute atomic E-state index is 0.00461. The Hall–Kier alpha value is -1.26. The number of urea groups is 1. The van der Waals surface area contributed by atoms with Gasteiger partial charge >= 0.3 is 6.03 Å². The molecule has 5 heteroatoms. The number of nitrogens with one attached hydrogen (secondary N) is 1. The number of aliphatic hydroxyl groups is 1. The molecule has 1 heterocycles. The Morgan fingerprint density at radius 3 is 2.68 bits per heavy atom. The van der Waals surface area contributed by atoms with E-state index < -0.39 is 0 Å². The van der Waals surface area contributed by atoms with Gasteiger partial charge in [-0.25, -0.2) is 4.79 Å². The molecule has 2 rings (SSSR count). The first-order chi connectivity index (χ1) is 10.5. The Labute approximate surface area is 137 Å². The second-order valence-electron chi connectivity index (χ2n) is 6.22. The molecule has 0 aromatic heterocycles. The number of aliphatic hydroxyl groups excluding tert-OH is 1. The van der Waals surface area contributed by atoms with Gasteiger partial charge in [-0.3, -0.25) is 0 Å². The fourth-order valence-electron chi connectivity index (χ4n) is 2.94. The van der Waals surface area contributed by atoms with E-state index >= 15 is 0 Å². The van der Waals surface area contributed by atoms with Crippen molar-refractivity contribution >= 4 is 17.6 Å². The van der Waals surface area contributed by atoms with Crippen LogP contribution >= 0.6 is 11.6 Å². The highest BCUT2D eigenvalue weighted by Crippen LogP contribution is 2.34. The van der Waals surface area contributed by atoms with E-state index in [1.807, 2.05) is 36.1 Å². The van der Waals surface area contributed by atoms with Gasteiger partial charge in [0.25, 0.3) is 0 Å². The predicted molar refractivity (Wildman–Crippen MR) is 89.0 cm³/mol. The number of hydrogen-bond acceptors (Lipinski definition) is 2. The van der Waals surface area contributed by atoms with E-state index in [1.54, 1.807) is 0 Å². The molecule has 1 atom stereocenters. The van der Waals surface area contributed by atoms with Crippen molar-refractivity contribution in [3.8, 4) is 0 Å². The smallest absolute Gasteiger partial charge is 0.317 e. The van der Waals surface area contributed by atoms with E-state index in [0.717, 1.165) is 24.8 Å². The number of amides is 2. The van der Waals surface area contributed by atoms with E-state index in [9.17, 15) is 9.90 Å². The second-order valence-corrected chi connectivity index (χ2v) is 6.66. The second kappa shape index (κ2) is 7.34. The van der Waals surface area contributed by atoms with Gasteiger partial charge < -0.3 is 15.3 Å². The van der Waals surface area contributed by atoms with Crippen molar-refractivity contribution < 1.29 is 9.90 Å². The molecule has 2 N–H and O–H groups in total. The fourth-order valence-corrected chi connectivity index (χ4v) is 3.14. The van der Waals surface area contributed by atoms with Gasteiger partial charge in [0.15, 0.2) is 0 Å². The highest BCUT2D eigenvalue weighted by atomic mass is 35.5. The number of nitrogens with zero attached hydrogens (tertiary/aromatic N) is 1. The number of rotatable bonds is 4. The molecule has 122 valence electrons. The topological polar surface area (TPSA) is 52.6 Å². The normalized spacial score (nSPS) is 18.8. The lowest BCUT2D eigenvalue weighted by molar-refractivity contribution is 0.0516. The van der Waals surface area contributed by atoms with Crippen molar-refractivity contribution in [3.05, 3.63) is 34.9 Å². The lowest BCUT2D eigenvalue weighted by Crippen LogP contribution is -2.48. The maximum Gasteiger partial charge on any atom is 0.317 e. The number of carbonyl (C=O) groups excluding carboxylic acids is 1. The van der Waals surface area contributed by atoms with Crippen molar-refractivity contribution in [3.63, 3.8) is 0 Å². The molecule has 0 aliphatic carbocycles. The lowest BCUT2D eigenvalue weighted by atomic mass is 9.77. The van der Waals surface area contributed by atoms with Gasteiger partial charge in [-0.05, 0) is 49.3 Å². The van der Waals surface area contributed by atoms with E-state index in [4.69, 9.17) is 11.6 Å². The summed E-state index contributed by atoms with van der Waals surface area (Å²) >= 11 is 5.99. The van der Waals surface area contributed by atoms with Gasteiger partial charge in [-0.1, -0.05) is 30.7 Å². The van der Waals surface area contributed by atoms with Gasteiger partial charge in [0.1, 0.15) is 0 Å². The first kappa shape index (κ1) is 17.1. The first-order valence-corrected chi connectivity index (χ1v) is 8.29. The Bertz CT molecular complexity index is 507. The maximum atomic E-state index is 12.4. The average Bonchev–Trinajstić information content (AvgIpc) is 2.54. The maximum absolute atomic E-state index is 12.4. The summed E-state index contributed by atoms with van der Waals surface area (Å²) in [5.74, 6) is 0. The Kier molecular flexibility index (Phi) is 5.70. The monoisotopic (exact) mass is 324 g/mol. The van der Waals surface area contributed by atoms with Crippen LogP contribution in [0.1, 0.15) is 44.7 Å². The predicted octanol–water partition coefficient (Wildman–Crippen LogP) is 3.60. The van der Waals surface area contributed by atoms with Crippen molar-refractivity contribution in [2.75, 3.05) is 19.7 Å². The molecule has 22 heavy (non-hydrogen) atoms. The molecule has 1 fully saturated rings. The molecule has 0 radical (unpaired) electrons. The Morgan fingerprint density at radius 1 is 1.45 bits per heavy atom.